The van der Waals surface area contributed by atoms with Crippen molar-refractivity contribution in [1.29, 1.82) is 0 Å². The third kappa shape index (κ3) is 8.08. The summed E-state index contributed by atoms with van der Waals surface area (Å²) >= 11 is 1.82. The molecule has 5 nitrogen and oxygen atoms in total. The van der Waals surface area contributed by atoms with E-state index in [-0.39, 0.29) is 24.0 Å². The van der Waals surface area contributed by atoms with Gasteiger partial charge in [0.2, 0.25) is 0 Å². The van der Waals surface area contributed by atoms with Gasteiger partial charge in [0.1, 0.15) is 0 Å². The first-order valence-corrected chi connectivity index (χ1v) is 10.6. The summed E-state index contributed by atoms with van der Waals surface area (Å²) in [5, 5.41) is 8.04. The van der Waals surface area contributed by atoms with Gasteiger partial charge < -0.3 is 10.6 Å². The number of nitrogens with zero attached hydrogens (tertiary/aromatic N) is 3. The van der Waals surface area contributed by atoms with Gasteiger partial charge in [0.05, 0.1) is 11.6 Å². The van der Waals surface area contributed by atoms with Gasteiger partial charge in [-0.3, -0.25) is 9.89 Å². The lowest BCUT2D eigenvalue weighted by atomic mass is 10.2. The van der Waals surface area contributed by atoms with Gasteiger partial charge in [0.25, 0.3) is 0 Å². The second-order valence-corrected chi connectivity index (χ2v) is 8.35. The predicted octanol–water partition coefficient (Wildman–Crippen LogP) is 3.54. The van der Waals surface area contributed by atoms with Crippen LogP contribution in [-0.2, 0) is 12.8 Å². The lowest BCUT2D eigenvalue weighted by molar-refractivity contribution is 0.231. The number of nitrogens with one attached hydrogen (secondary N) is 2. The second kappa shape index (κ2) is 12.9. The molecule has 1 saturated heterocycles. The molecule has 0 amide bonds. The maximum Gasteiger partial charge on any atom is 0.191 e. The van der Waals surface area contributed by atoms with Gasteiger partial charge in [-0.25, -0.2) is 4.98 Å². The lowest BCUT2D eigenvalue weighted by Crippen LogP contribution is -2.40. The number of aromatic nitrogens is 1. The SMILES string of the molecule is CCNC(=NC[C@H]1CCCN1CC(C)C)NCCc1ncc(CC)s1.I. The van der Waals surface area contributed by atoms with Crippen molar-refractivity contribution in [3.8, 4) is 0 Å². The molecule has 0 saturated carbocycles. The quantitative estimate of drug-likeness (QED) is 0.314. The summed E-state index contributed by atoms with van der Waals surface area (Å²) in [4.78, 5) is 13.3. The van der Waals surface area contributed by atoms with Crippen LogP contribution in [0.3, 0.4) is 0 Å². The van der Waals surface area contributed by atoms with E-state index in [2.05, 4.69) is 48.2 Å². The molecule has 1 fully saturated rings. The molecular formula is C19H36IN5S. The molecule has 1 aliphatic heterocycles. The number of thiazole rings is 1. The molecule has 1 aromatic rings. The number of likely N-dealkylation sites (tertiary alicyclic amines) is 1. The number of aliphatic imine (C=N–C) groups is 1. The van der Waals surface area contributed by atoms with Crippen LogP contribution in [0.1, 0.15) is 50.4 Å². The summed E-state index contributed by atoms with van der Waals surface area (Å²) in [6.07, 6.45) is 6.61. The normalized spacial score (nSPS) is 18.2. The van der Waals surface area contributed by atoms with Gasteiger partial charge in [0.15, 0.2) is 5.96 Å². The van der Waals surface area contributed by atoms with Crippen LogP contribution in [0.5, 0.6) is 0 Å². The number of guanidine groups is 1. The summed E-state index contributed by atoms with van der Waals surface area (Å²) in [5.74, 6) is 1.66. The summed E-state index contributed by atoms with van der Waals surface area (Å²) in [5.41, 5.74) is 0. The summed E-state index contributed by atoms with van der Waals surface area (Å²) in [7, 11) is 0. The molecule has 2 rings (SSSR count). The van der Waals surface area contributed by atoms with E-state index >= 15 is 0 Å². The molecule has 0 aliphatic carbocycles. The summed E-state index contributed by atoms with van der Waals surface area (Å²) in [6, 6.07) is 0.601. The van der Waals surface area contributed by atoms with E-state index < -0.39 is 0 Å². The van der Waals surface area contributed by atoms with Crippen LogP contribution in [-0.4, -0.2) is 54.6 Å². The molecule has 0 radical (unpaired) electrons. The molecule has 2 N–H and O–H groups in total. The maximum absolute atomic E-state index is 4.84. The molecule has 1 aliphatic rings. The molecule has 2 heterocycles. The van der Waals surface area contributed by atoms with Crippen LogP contribution in [0.25, 0.3) is 0 Å². The molecule has 0 unspecified atom stereocenters. The van der Waals surface area contributed by atoms with Crippen LogP contribution in [0, 0.1) is 5.92 Å². The molecule has 26 heavy (non-hydrogen) atoms. The Bertz CT molecular complexity index is 532. The smallest absolute Gasteiger partial charge is 0.191 e. The van der Waals surface area contributed by atoms with Crippen molar-refractivity contribution < 1.29 is 0 Å². The third-order valence-electron chi connectivity index (χ3n) is 4.48. The van der Waals surface area contributed by atoms with Gasteiger partial charge >= 0.3 is 0 Å². The Balaban J connectivity index is 0.00000338. The van der Waals surface area contributed by atoms with E-state index in [0.717, 1.165) is 44.4 Å². The molecule has 1 atom stereocenters. The highest BCUT2D eigenvalue weighted by molar-refractivity contribution is 14.0. The Kier molecular flexibility index (Phi) is 11.7. The number of hydrogen-bond acceptors (Lipinski definition) is 4. The zero-order valence-electron chi connectivity index (χ0n) is 16.8. The van der Waals surface area contributed by atoms with Crippen molar-refractivity contribution >= 4 is 41.3 Å². The molecule has 150 valence electrons. The highest BCUT2D eigenvalue weighted by Gasteiger charge is 2.24. The first kappa shape index (κ1) is 23.6. The average molecular weight is 494 g/mol. The maximum atomic E-state index is 4.84. The van der Waals surface area contributed by atoms with E-state index in [9.17, 15) is 0 Å². The van der Waals surface area contributed by atoms with Crippen LogP contribution < -0.4 is 10.6 Å². The average Bonchev–Trinajstić information content (AvgIpc) is 3.21. The fraction of sp³-hybridized carbons (Fsp3) is 0.789. The highest BCUT2D eigenvalue weighted by atomic mass is 127. The van der Waals surface area contributed by atoms with Gasteiger partial charge in [-0.05, 0) is 38.6 Å². The highest BCUT2D eigenvalue weighted by Crippen LogP contribution is 2.18. The first-order chi connectivity index (χ1) is 12.1. The van der Waals surface area contributed by atoms with Crippen molar-refractivity contribution in [2.45, 2.75) is 59.4 Å². The summed E-state index contributed by atoms with van der Waals surface area (Å²) in [6.45, 7) is 14.0. The fourth-order valence-corrected chi connectivity index (χ4v) is 4.13. The van der Waals surface area contributed by atoms with E-state index in [4.69, 9.17) is 4.99 Å². The van der Waals surface area contributed by atoms with Gasteiger partial charge in [-0.2, -0.15) is 0 Å². The first-order valence-electron chi connectivity index (χ1n) is 9.82. The van der Waals surface area contributed by atoms with Crippen LogP contribution in [0.2, 0.25) is 0 Å². The van der Waals surface area contributed by atoms with Gasteiger partial charge in [-0.1, -0.05) is 20.8 Å². The Morgan fingerprint density at radius 1 is 1.38 bits per heavy atom. The van der Waals surface area contributed by atoms with Crippen molar-refractivity contribution in [2.75, 3.05) is 32.7 Å². The Hall–Kier alpha value is -0.410. The number of aryl methyl sites for hydroxylation is 1. The minimum Gasteiger partial charge on any atom is -0.357 e. The zero-order valence-corrected chi connectivity index (χ0v) is 19.9. The topological polar surface area (TPSA) is 52.6 Å². The van der Waals surface area contributed by atoms with Crippen molar-refractivity contribution in [3.05, 3.63) is 16.1 Å². The predicted molar refractivity (Wildman–Crippen MR) is 124 cm³/mol. The van der Waals surface area contributed by atoms with E-state index in [1.165, 1.54) is 35.8 Å². The molecule has 1 aromatic heterocycles. The third-order valence-corrected chi connectivity index (χ3v) is 5.69. The Morgan fingerprint density at radius 3 is 2.85 bits per heavy atom. The van der Waals surface area contributed by atoms with Gasteiger partial charge in [-0.15, -0.1) is 35.3 Å². The second-order valence-electron chi connectivity index (χ2n) is 7.16. The fourth-order valence-electron chi connectivity index (χ4n) is 3.26. The Labute approximate surface area is 180 Å². The van der Waals surface area contributed by atoms with Crippen LogP contribution >= 0.6 is 35.3 Å². The van der Waals surface area contributed by atoms with Gasteiger partial charge in [0, 0.05) is 43.2 Å². The minimum absolute atomic E-state index is 0. The molecule has 0 spiro atoms. The standard InChI is InChI=1S/C19H35N5S.HI/c1-5-17-13-22-18(25-17)9-10-21-19(20-6-2)23-12-16-8-7-11-24(16)14-15(3)4;/h13,15-16H,5-12,14H2,1-4H3,(H2,20,21,23);1H/t16-;/m1./s1. The molecule has 7 heteroatoms. The van der Waals surface area contributed by atoms with Crippen molar-refractivity contribution in [2.24, 2.45) is 10.9 Å². The van der Waals surface area contributed by atoms with Crippen molar-refractivity contribution in [1.82, 2.24) is 20.5 Å². The number of halogens is 1. The van der Waals surface area contributed by atoms with Crippen LogP contribution in [0.15, 0.2) is 11.2 Å². The minimum atomic E-state index is 0. The molecular weight excluding hydrogens is 457 g/mol. The molecule has 0 bridgehead atoms. The lowest BCUT2D eigenvalue weighted by Gasteiger charge is -2.25. The van der Waals surface area contributed by atoms with Crippen LogP contribution in [0.4, 0.5) is 0 Å². The van der Waals surface area contributed by atoms with Crippen molar-refractivity contribution in [3.63, 3.8) is 0 Å². The van der Waals surface area contributed by atoms with E-state index in [0.29, 0.717) is 6.04 Å². The Morgan fingerprint density at radius 2 is 2.19 bits per heavy atom. The number of rotatable bonds is 9. The number of hydrogen-bond donors (Lipinski definition) is 2. The zero-order chi connectivity index (χ0) is 18.1. The van der Waals surface area contributed by atoms with E-state index in [1.54, 1.807) is 0 Å². The largest absolute Gasteiger partial charge is 0.357 e. The van der Waals surface area contributed by atoms with E-state index in [1.807, 2.05) is 17.5 Å². The summed E-state index contributed by atoms with van der Waals surface area (Å²) < 4.78 is 0. The molecule has 0 aromatic carbocycles. The monoisotopic (exact) mass is 493 g/mol.